The van der Waals surface area contributed by atoms with Gasteiger partial charge in [0.05, 0.1) is 4.88 Å². The maximum Gasteiger partial charge on any atom is 0.434 e. The standard InChI is InChI=1S/C13H17F3N2OS/c1-19-10(7-2-3-7)12-18-11(13(14,15)16)9(20-12)6-17-8-4-5-8/h7-8,10,17H,2-6H2,1H3. The summed E-state index contributed by atoms with van der Waals surface area (Å²) in [5.74, 6) is 0.330. The largest absolute Gasteiger partial charge is 0.434 e. The van der Waals surface area contributed by atoms with Crippen LogP contribution in [0.1, 0.15) is 47.4 Å². The number of ether oxygens (including phenoxy) is 1. The number of hydrogen-bond acceptors (Lipinski definition) is 4. The Morgan fingerprint density at radius 3 is 2.55 bits per heavy atom. The summed E-state index contributed by atoms with van der Waals surface area (Å²) in [6.07, 6.45) is -0.553. The number of nitrogens with zero attached hydrogens (tertiary/aromatic N) is 1. The lowest BCUT2D eigenvalue weighted by Crippen LogP contribution is -2.18. The highest BCUT2D eigenvalue weighted by Gasteiger charge is 2.41. The van der Waals surface area contributed by atoms with Gasteiger partial charge in [0, 0.05) is 19.7 Å². The van der Waals surface area contributed by atoms with E-state index in [0.717, 1.165) is 37.0 Å². The molecule has 20 heavy (non-hydrogen) atoms. The molecule has 0 spiro atoms. The fourth-order valence-electron chi connectivity index (χ4n) is 2.25. The van der Waals surface area contributed by atoms with Crippen molar-refractivity contribution >= 4 is 11.3 Å². The molecule has 3 nitrogen and oxygen atoms in total. The number of thiazole rings is 1. The molecule has 1 atom stereocenters. The average Bonchev–Trinajstić information content (AvgIpc) is 3.26. The van der Waals surface area contributed by atoms with Crippen LogP contribution < -0.4 is 5.32 Å². The molecule has 112 valence electrons. The van der Waals surface area contributed by atoms with Crippen molar-refractivity contribution in [2.45, 2.75) is 50.6 Å². The molecule has 1 unspecified atom stereocenters. The minimum Gasteiger partial charge on any atom is -0.374 e. The minimum absolute atomic E-state index is 0.248. The summed E-state index contributed by atoms with van der Waals surface area (Å²) in [7, 11) is 1.54. The normalized spacial score (nSPS) is 21.2. The van der Waals surface area contributed by atoms with Gasteiger partial charge in [-0.2, -0.15) is 13.2 Å². The smallest absolute Gasteiger partial charge is 0.374 e. The van der Waals surface area contributed by atoms with Crippen molar-refractivity contribution in [3.05, 3.63) is 15.6 Å². The highest BCUT2D eigenvalue weighted by molar-refractivity contribution is 7.11. The number of nitrogens with one attached hydrogen (secondary N) is 1. The summed E-state index contributed by atoms with van der Waals surface area (Å²) < 4.78 is 44.5. The minimum atomic E-state index is -4.39. The summed E-state index contributed by atoms with van der Waals surface area (Å²) in [6, 6.07) is 0.378. The van der Waals surface area contributed by atoms with Crippen LogP contribution in [0, 0.1) is 5.92 Å². The van der Waals surface area contributed by atoms with Gasteiger partial charge in [0.15, 0.2) is 5.69 Å². The average molecular weight is 306 g/mol. The van der Waals surface area contributed by atoms with E-state index in [1.165, 1.54) is 0 Å². The molecule has 1 aromatic rings. The van der Waals surface area contributed by atoms with Gasteiger partial charge in [-0.15, -0.1) is 11.3 Å². The third kappa shape index (κ3) is 3.15. The quantitative estimate of drug-likeness (QED) is 0.873. The third-order valence-electron chi connectivity index (χ3n) is 3.66. The molecule has 0 bridgehead atoms. The molecule has 2 aliphatic rings. The Labute approximate surface area is 119 Å². The van der Waals surface area contributed by atoms with Crippen LogP contribution in [0.25, 0.3) is 0 Å². The van der Waals surface area contributed by atoms with Crippen LogP contribution in [-0.2, 0) is 17.5 Å². The Bertz CT molecular complexity index is 480. The van der Waals surface area contributed by atoms with E-state index in [4.69, 9.17) is 4.74 Å². The molecule has 0 saturated heterocycles. The Kier molecular flexibility index (Phi) is 3.77. The van der Waals surface area contributed by atoms with E-state index in [2.05, 4.69) is 10.3 Å². The van der Waals surface area contributed by atoms with Crippen LogP contribution in [0.15, 0.2) is 0 Å². The molecule has 2 saturated carbocycles. The second-order valence-electron chi connectivity index (χ2n) is 5.47. The summed E-state index contributed by atoms with van der Waals surface area (Å²) in [4.78, 5) is 4.12. The molecular weight excluding hydrogens is 289 g/mol. The number of hydrogen-bond donors (Lipinski definition) is 1. The topological polar surface area (TPSA) is 34.1 Å². The highest BCUT2D eigenvalue weighted by atomic mass is 32.1. The van der Waals surface area contributed by atoms with E-state index in [9.17, 15) is 13.2 Å². The van der Waals surface area contributed by atoms with Gasteiger partial charge in [0.25, 0.3) is 0 Å². The van der Waals surface area contributed by atoms with E-state index in [1.54, 1.807) is 7.11 Å². The van der Waals surface area contributed by atoms with Crippen LogP contribution in [0.4, 0.5) is 13.2 Å². The first-order chi connectivity index (χ1) is 9.49. The lowest BCUT2D eigenvalue weighted by molar-refractivity contribution is -0.141. The Morgan fingerprint density at radius 1 is 1.35 bits per heavy atom. The van der Waals surface area contributed by atoms with Crippen molar-refractivity contribution in [2.75, 3.05) is 7.11 Å². The van der Waals surface area contributed by atoms with Gasteiger partial charge in [-0.05, 0) is 31.6 Å². The Hall–Kier alpha value is -0.660. The lowest BCUT2D eigenvalue weighted by Gasteiger charge is -2.10. The number of aromatic nitrogens is 1. The SMILES string of the molecule is COC(c1nc(C(F)(F)F)c(CNC2CC2)s1)C1CC1. The first-order valence-corrected chi connectivity index (χ1v) is 7.63. The monoisotopic (exact) mass is 306 g/mol. The van der Waals surface area contributed by atoms with Gasteiger partial charge >= 0.3 is 6.18 Å². The molecule has 0 aromatic carbocycles. The van der Waals surface area contributed by atoms with Crippen molar-refractivity contribution in [2.24, 2.45) is 5.92 Å². The zero-order chi connectivity index (χ0) is 14.3. The van der Waals surface area contributed by atoms with Crippen LogP contribution in [0.5, 0.6) is 0 Å². The summed E-state index contributed by atoms with van der Waals surface area (Å²) in [5, 5.41) is 3.60. The maximum atomic E-state index is 13.1. The second-order valence-corrected chi connectivity index (χ2v) is 6.59. The molecule has 1 heterocycles. The molecular formula is C13H17F3N2OS. The van der Waals surface area contributed by atoms with Crippen molar-refractivity contribution in [1.29, 1.82) is 0 Å². The molecule has 7 heteroatoms. The molecule has 2 fully saturated rings. The summed E-state index contributed by atoms with van der Waals surface area (Å²) >= 11 is 1.14. The lowest BCUT2D eigenvalue weighted by atomic mass is 10.2. The fourth-order valence-corrected chi connectivity index (χ4v) is 3.46. The maximum absolute atomic E-state index is 13.1. The first kappa shape index (κ1) is 14.3. The van der Waals surface area contributed by atoms with Gasteiger partial charge < -0.3 is 10.1 Å². The van der Waals surface area contributed by atoms with Gasteiger partial charge in [0.2, 0.25) is 0 Å². The van der Waals surface area contributed by atoms with E-state index >= 15 is 0 Å². The number of methoxy groups -OCH3 is 1. The van der Waals surface area contributed by atoms with Crippen LogP contribution in [0.2, 0.25) is 0 Å². The van der Waals surface area contributed by atoms with Gasteiger partial charge in [-0.25, -0.2) is 4.98 Å². The molecule has 0 aliphatic heterocycles. The van der Waals surface area contributed by atoms with Gasteiger partial charge in [-0.1, -0.05) is 0 Å². The van der Waals surface area contributed by atoms with E-state index < -0.39 is 11.9 Å². The highest BCUT2D eigenvalue weighted by Crippen LogP contribution is 2.46. The third-order valence-corrected chi connectivity index (χ3v) is 4.78. The summed E-state index contributed by atoms with van der Waals surface area (Å²) in [6.45, 7) is 0.248. The van der Waals surface area contributed by atoms with Crippen molar-refractivity contribution in [3.63, 3.8) is 0 Å². The Balaban J connectivity index is 1.83. The molecule has 1 aromatic heterocycles. The van der Waals surface area contributed by atoms with Crippen LogP contribution in [-0.4, -0.2) is 18.1 Å². The number of rotatable bonds is 6. The van der Waals surface area contributed by atoms with E-state index in [0.29, 0.717) is 17.0 Å². The van der Waals surface area contributed by atoms with Gasteiger partial charge in [-0.3, -0.25) is 0 Å². The van der Waals surface area contributed by atoms with Crippen LogP contribution in [0.3, 0.4) is 0 Å². The zero-order valence-electron chi connectivity index (χ0n) is 11.2. The molecule has 1 N–H and O–H groups in total. The van der Waals surface area contributed by atoms with Crippen LogP contribution >= 0.6 is 11.3 Å². The summed E-state index contributed by atoms with van der Waals surface area (Å²) in [5.41, 5.74) is -0.742. The molecule has 0 radical (unpaired) electrons. The van der Waals surface area contributed by atoms with E-state index in [1.807, 2.05) is 0 Å². The predicted molar refractivity (Wildman–Crippen MR) is 69.5 cm³/mol. The molecule has 0 amide bonds. The fraction of sp³-hybridized carbons (Fsp3) is 0.769. The van der Waals surface area contributed by atoms with Crippen molar-refractivity contribution in [3.8, 4) is 0 Å². The second kappa shape index (κ2) is 5.27. The molecule has 2 aliphatic carbocycles. The van der Waals surface area contributed by atoms with Gasteiger partial charge in [0.1, 0.15) is 11.1 Å². The van der Waals surface area contributed by atoms with E-state index in [-0.39, 0.29) is 17.5 Å². The predicted octanol–water partition coefficient (Wildman–Crippen LogP) is 3.51. The van der Waals surface area contributed by atoms with Crippen molar-refractivity contribution < 1.29 is 17.9 Å². The Morgan fingerprint density at radius 2 is 2.05 bits per heavy atom. The zero-order valence-corrected chi connectivity index (χ0v) is 12.0. The first-order valence-electron chi connectivity index (χ1n) is 6.82. The van der Waals surface area contributed by atoms with Crippen molar-refractivity contribution in [1.82, 2.24) is 10.3 Å². The number of alkyl halides is 3. The molecule has 3 rings (SSSR count). The number of halogens is 3.